The van der Waals surface area contributed by atoms with Crippen LogP contribution in [0.25, 0.3) is 0 Å². The molecule has 1 fully saturated rings. The fourth-order valence-corrected chi connectivity index (χ4v) is 3.30. The number of imidazole rings is 1. The van der Waals surface area contributed by atoms with Crippen LogP contribution in [0, 0.1) is 5.92 Å². The summed E-state index contributed by atoms with van der Waals surface area (Å²) in [6, 6.07) is 0.209. The molecule has 2 aromatic rings. The Balaban J connectivity index is 1.61. The average Bonchev–Trinajstić information content (AvgIpc) is 3.24. The third-order valence-corrected chi connectivity index (χ3v) is 4.77. The largest absolute Gasteiger partial charge is 0.332 e. The molecule has 0 unspecified atom stereocenters. The first kappa shape index (κ1) is 17.4. The Morgan fingerprint density at radius 1 is 1.40 bits per heavy atom. The molecule has 0 bridgehead atoms. The van der Waals surface area contributed by atoms with Gasteiger partial charge >= 0.3 is 6.03 Å². The second kappa shape index (κ2) is 6.85. The molecule has 2 amide bonds. The van der Waals surface area contributed by atoms with Gasteiger partial charge in [-0.1, -0.05) is 6.92 Å². The van der Waals surface area contributed by atoms with Gasteiger partial charge in [0.15, 0.2) is 0 Å². The highest BCUT2D eigenvalue weighted by molar-refractivity contribution is 5.74. The first-order chi connectivity index (χ1) is 11.9. The highest BCUT2D eigenvalue weighted by Crippen LogP contribution is 2.27. The van der Waals surface area contributed by atoms with Crippen LogP contribution in [0.15, 0.2) is 25.0 Å². The van der Waals surface area contributed by atoms with Gasteiger partial charge in [0.25, 0.3) is 0 Å². The minimum absolute atomic E-state index is 0.0551. The summed E-state index contributed by atoms with van der Waals surface area (Å²) in [6.45, 7) is 10.3. The van der Waals surface area contributed by atoms with Gasteiger partial charge in [-0.25, -0.2) is 19.4 Å². The second-order valence-corrected chi connectivity index (χ2v) is 7.71. The van der Waals surface area contributed by atoms with Crippen molar-refractivity contribution in [3.8, 4) is 0 Å². The summed E-state index contributed by atoms with van der Waals surface area (Å²) in [6.07, 6.45) is 8.09. The normalized spacial score (nSPS) is 21.4. The summed E-state index contributed by atoms with van der Waals surface area (Å²) in [4.78, 5) is 22.9. The first-order valence-electron chi connectivity index (χ1n) is 8.76. The number of nitrogens with zero attached hydrogens (tertiary/aromatic N) is 6. The molecule has 2 aromatic heterocycles. The van der Waals surface area contributed by atoms with Crippen molar-refractivity contribution in [1.29, 1.82) is 0 Å². The number of carbonyl (C=O) groups excluding carboxylic acids is 1. The number of aromatic nitrogens is 5. The molecule has 25 heavy (non-hydrogen) atoms. The van der Waals surface area contributed by atoms with Crippen LogP contribution in [-0.4, -0.2) is 48.3 Å². The van der Waals surface area contributed by atoms with Crippen LogP contribution in [0.1, 0.15) is 46.0 Å². The minimum atomic E-state index is -0.163. The lowest BCUT2D eigenvalue weighted by Gasteiger charge is -2.37. The van der Waals surface area contributed by atoms with Crippen molar-refractivity contribution in [3.05, 3.63) is 30.9 Å². The number of urea groups is 1. The maximum absolute atomic E-state index is 12.6. The standard InChI is InChI=1S/C17H27N7O/c1-13-5-7-22(10-14(13)23-8-6-18-12-23)16(25)19-9-15-20-11-21-24(15)17(2,3)4/h6,8,11-14H,5,7,9-10H2,1-4H3,(H,19,25)/t13-,14+/m0/s1. The molecule has 1 saturated heterocycles. The summed E-state index contributed by atoms with van der Waals surface area (Å²) in [5.41, 5.74) is -0.163. The molecule has 0 aromatic carbocycles. The predicted molar refractivity (Wildman–Crippen MR) is 93.9 cm³/mol. The zero-order chi connectivity index (χ0) is 18.0. The lowest BCUT2D eigenvalue weighted by Crippen LogP contribution is -2.48. The van der Waals surface area contributed by atoms with E-state index in [1.807, 2.05) is 22.1 Å². The van der Waals surface area contributed by atoms with Crippen LogP contribution in [0.5, 0.6) is 0 Å². The monoisotopic (exact) mass is 345 g/mol. The van der Waals surface area contributed by atoms with E-state index >= 15 is 0 Å². The van der Waals surface area contributed by atoms with Gasteiger partial charge in [-0.2, -0.15) is 5.10 Å². The van der Waals surface area contributed by atoms with Gasteiger partial charge in [-0.3, -0.25) is 0 Å². The van der Waals surface area contributed by atoms with Gasteiger partial charge in [0.1, 0.15) is 12.2 Å². The first-order valence-corrected chi connectivity index (χ1v) is 8.76. The average molecular weight is 345 g/mol. The molecule has 1 aliphatic heterocycles. The van der Waals surface area contributed by atoms with Crippen LogP contribution in [0.3, 0.4) is 0 Å². The lowest BCUT2D eigenvalue weighted by atomic mass is 9.93. The molecule has 0 spiro atoms. The number of carbonyl (C=O) groups is 1. The third-order valence-electron chi connectivity index (χ3n) is 4.77. The Kier molecular flexibility index (Phi) is 4.78. The van der Waals surface area contributed by atoms with Crippen LogP contribution >= 0.6 is 0 Å². The summed E-state index contributed by atoms with van der Waals surface area (Å²) < 4.78 is 3.94. The van der Waals surface area contributed by atoms with E-state index in [1.165, 1.54) is 6.33 Å². The van der Waals surface area contributed by atoms with Gasteiger partial charge in [0.05, 0.1) is 24.5 Å². The molecule has 1 aliphatic rings. The van der Waals surface area contributed by atoms with Gasteiger partial charge in [-0.05, 0) is 33.1 Å². The van der Waals surface area contributed by atoms with E-state index in [4.69, 9.17) is 0 Å². The van der Waals surface area contributed by atoms with E-state index in [2.05, 4.69) is 52.6 Å². The highest BCUT2D eigenvalue weighted by Gasteiger charge is 2.30. The van der Waals surface area contributed by atoms with E-state index in [0.29, 0.717) is 19.0 Å². The SMILES string of the molecule is C[C@H]1CCN(C(=O)NCc2ncnn2C(C)(C)C)C[C@H]1n1ccnc1. The van der Waals surface area contributed by atoms with E-state index in [9.17, 15) is 4.79 Å². The van der Waals surface area contributed by atoms with Crippen molar-refractivity contribution in [2.24, 2.45) is 5.92 Å². The number of rotatable bonds is 3. The van der Waals surface area contributed by atoms with Crippen LogP contribution in [0.4, 0.5) is 4.79 Å². The number of amides is 2. The summed E-state index contributed by atoms with van der Waals surface area (Å²) in [5.74, 6) is 1.28. The smallest absolute Gasteiger partial charge is 0.317 e. The Morgan fingerprint density at radius 3 is 2.88 bits per heavy atom. The van der Waals surface area contributed by atoms with Crippen molar-refractivity contribution in [3.63, 3.8) is 0 Å². The van der Waals surface area contributed by atoms with Gasteiger partial charge < -0.3 is 14.8 Å². The number of hydrogen-bond acceptors (Lipinski definition) is 4. The fourth-order valence-electron chi connectivity index (χ4n) is 3.30. The van der Waals surface area contributed by atoms with Gasteiger partial charge in [0, 0.05) is 25.5 Å². The molecule has 1 N–H and O–H groups in total. The topological polar surface area (TPSA) is 80.9 Å². The summed E-state index contributed by atoms with van der Waals surface area (Å²) in [5, 5.41) is 7.25. The Bertz CT molecular complexity index is 701. The Morgan fingerprint density at radius 2 is 2.20 bits per heavy atom. The van der Waals surface area contributed by atoms with E-state index in [0.717, 1.165) is 18.8 Å². The Hall–Kier alpha value is -2.38. The molecular formula is C17H27N7O. The quantitative estimate of drug-likeness (QED) is 0.923. The van der Waals surface area contributed by atoms with Crippen molar-refractivity contribution >= 4 is 6.03 Å². The summed E-state index contributed by atoms with van der Waals surface area (Å²) >= 11 is 0. The molecule has 0 saturated carbocycles. The van der Waals surface area contributed by atoms with Gasteiger partial charge in [-0.15, -0.1) is 0 Å². The zero-order valence-electron chi connectivity index (χ0n) is 15.4. The highest BCUT2D eigenvalue weighted by atomic mass is 16.2. The maximum Gasteiger partial charge on any atom is 0.317 e. The lowest BCUT2D eigenvalue weighted by molar-refractivity contribution is 0.139. The molecule has 136 valence electrons. The van der Waals surface area contributed by atoms with E-state index < -0.39 is 0 Å². The molecule has 3 heterocycles. The molecule has 2 atom stereocenters. The fraction of sp³-hybridized carbons (Fsp3) is 0.647. The van der Waals surface area contributed by atoms with Gasteiger partial charge in [0.2, 0.25) is 0 Å². The Labute approximate surface area is 148 Å². The number of nitrogens with one attached hydrogen (secondary N) is 1. The predicted octanol–water partition coefficient (Wildman–Crippen LogP) is 2.02. The molecular weight excluding hydrogens is 318 g/mol. The van der Waals surface area contributed by atoms with E-state index in [-0.39, 0.29) is 17.6 Å². The minimum Gasteiger partial charge on any atom is -0.332 e. The summed E-state index contributed by atoms with van der Waals surface area (Å²) in [7, 11) is 0. The van der Waals surface area contributed by atoms with Crippen LogP contribution < -0.4 is 5.32 Å². The van der Waals surface area contributed by atoms with Crippen molar-refractivity contribution < 1.29 is 4.79 Å². The molecule has 8 heteroatoms. The molecule has 3 rings (SSSR count). The molecule has 0 radical (unpaired) electrons. The zero-order valence-corrected chi connectivity index (χ0v) is 15.4. The van der Waals surface area contributed by atoms with Crippen molar-refractivity contribution in [1.82, 2.24) is 34.5 Å². The molecule has 0 aliphatic carbocycles. The van der Waals surface area contributed by atoms with Crippen LogP contribution in [-0.2, 0) is 12.1 Å². The molecule has 8 nitrogen and oxygen atoms in total. The van der Waals surface area contributed by atoms with E-state index in [1.54, 1.807) is 6.20 Å². The second-order valence-electron chi connectivity index (χ2n) is 7.71. The van der Waals surface area contributed by atoms with Crippen LogP contribution in [0.2, 0.25) is 0 Å². The van der Waals surface area contributed by atoms with Crippen molar-refractivity contribution in [2.75, 3.05) is 13.1 Å². The number of likely N-dealkylation sites (tertiary alicyclic amines) is 1. The number of piperidine rings is 1. The third kappa shape index (κ3) is 3.83. The number of hydrogen-bond donors (Lipinski definition) is 1. The maximum atomic E-state index is 12.6. The van der Waals surface area contributed by atoms with Crippen molar-refractivity contribution in [2.45, 2.75) is 52.2 Å².